The topological polar surface area (TPSA) is 110 Å². The molecule has 0 unspecified atom stereocenters. The number of carbonyl (C=O) groups is 1. The predicted octanol–water partition coefficient (Wildman–Crippen LogP) is 1.53. The average molecular weight is 237 g/mol. The molecule has 1 amide bonds. The molecular formula is C9H11N5O3. The van der Waals surface area contributed by atoms with Gasteiger partial charge in [0.2, 0.25) is 6.29 Å². The number of hydrogen-bond donors (Lipinski definition) is 0. The maximum Gasteiger partial charge on any atom is 0.251 e. The Kier molecular flexibility index (Phi) is 4.53. The van der Waals surface area contributed by atoms with Crippen LogP contribution in [0.2, 0.25) is 0 Å². The molecule has 0 aliphatic rings. The third kappa shape index (κ3) is 2.97. The molecule has 0 fully saturated rings. The van der Waals surface area contributed by atoms with Crippen LogP contribution in [0.3, 0.4) is 0 Å². The van der Waals surface area contributed by atoms with Gasteiger partial charge in [0, 0.05) is 19.1 Å². The van der Waals surface area contributed by atoms with Crippen molar-refractivity contribution in [2.75, 3.05) is 14.2 Å². The van der Waals surface area contributed by atoms with Crippen LogP contribution in [0.5, 0.6) is 0 Å². The van der Waals surface area contributed by atoms with E-state index >= 15 is 0 Å². The van der Waals surface area contributed by atoms with Gasteiger partial charge in [-0.15, -0.1) is 5.10 Å². The number of azide groups is 1. The Balaban J connectivity index is 3.29. The van der Waals surface area contributed by atoms with E-state index in [0.29, 0.717) is 5.69 Å². The predicted molar refractivity (Wildman–Crippen MR) is 57.0 cm³/mol. The smallest absolute Gasteiger partial charge is 0.251 e. The second kappa shape index (κ2) is 5.90. The highest BCUT2D eigenvalue weighted by Crippen LogP contribution is 2.20. The quantitative estimate of drug-likeness (QED) is 0.341. The Morgan fingerprint density at radius 2 is 2.12 bits per heavy atom. The van der Waals surface area contributed by atoms with E-state index in [-0.39, 0.29) is 11.3 Å². The van der Waals surface area contributed by atoms with Crippen molar-refractivity contribution in [1.29, 1.82) is 0 Å². The Labute approximate surface area is 97.2 Å². The lowest BCUT2D eigenvalue weighted by Crippen LogP contribution is -2.13. The first-order chi connectivity index (χ1) is 8.13. The molecule has 0 saturated carbocycles. The number of hydrogen-bond acceptors (Lipinski definition) is 5. The molecule has 0 spiro atoms. The Morgan fingerprint density at radius 3 is 2.65 bits per heavy atom. The normalized spacial score (nSPS) is 10.1. The van der Waals surface area contributed by atoms with E-state index in [2.05, 4.69) is 20.2 Å². The van der Waals surface area contributed by atoms with Gasteiger partial charge in [0.05, 0.1) is 11.3 Å². The number of aromatic nitrogens is 2. The monoisotopic (exact) mass is 237 g/mol. The number of rotatable bonds is 4. The number of methoxy groups -OCH3 is 2. The maximum atomic E-state index is 11.6. The van der Waals surface area contributed by atoms with Gasteiger partial charge >= 0.3 is 0 Å². The summed E-state index contributed by atoms with van der Waals surface area (Å²) in [6.45, 7) is 1.66. The third-order valence-corrected chi connectivity index (χ3v) is 1.96. The van der Waals surface area contributed by atoms with Crippen LogP contribution in [0.4, 0.5) is 0 Å². The van der Waals surface area contributed by atoms with Crippen LogP contribution in [0.15, 0.2) is 11.2 Å². The Bertz CT molecular complexity index is 466. The first kappa shape index (κ1) is 13.0. The zero-order chi connectivity index (χ0) is 12.8. The average Bonchev–Trinajstić information content (AvgIpc) is 2.32. The van der Waals surface area contributed by atoms with Gasteiger partial charge in [-0.3, -0.25) is 4.79 Å². The van der Waals surface area contributed by atoms with E-state index in [4.69, 9.17) is 15.0 Å². The third-order valence-electron chi connectivity index (χ3n) is 1.96. The van der Waals surface area contributed by atoms with Gasteiger partial charge in [0.1, 0.15) is 5.69 Å². The minimum Gasteiger partial charge on any atom is -0.350 e. The summed E-state index contributed by atoms with van der Waals surface area (Å²) < 4.78 is 9.97. The molecule has 0 aliphatic carbocycles. The summed E-state index contributed by atoms with van der Waals surface area (Å²) in [5.41, 5.74) is 9.07. The Hall–Kier alpha value is -2.02. The van der Waals surface area contributed by atoms with Crippen LogP contribution in [0, 0.1) is 6.92 Å². The molecule has 1 aromatic rings. The van der Waals surface area contributed by atoms with Crippen LogP contribution in [-0.2, 0) is 9.47 Å². The molecule has 0 saturated heterocycles. The fourth-order valence-electron chi connectivity index (χ4n) is 1.26. The minimum absolute atomic E-state index is 0.115. The van der Waals surface area contributed by atoms with Gasteiger partial charge in [0.15, 0.2) is 0 Å². The molecule has 0 aromatic carbocycles. The van der Waals surface area contributed by atoms with Crippen LogP contribution in [0.1, 0.15) is 28.0 Å². The van der Waals surface area contributed by atoms with Crippen molar-refractivity contribution >= 4 is 5.91 Å². The van der Waals surface area contributed by atoms with E-state index in [1.54, 1.807) is 6.92 Å². The van der Waals surface area contributed by atoms with Crippen molar-refractivity contribution in [3.05, 3.63) is 33.5 Å². The van der Waals surface area contributed by atoms with E-state index in [1.165, 1.54) is 20.3 Å². The van der Waals surface area contributed by atoms with Gasteiger partial charge in [0.25, 0.3) is 5.91 Å². The highest BCUT2D eigenvalue weighted by atomic mass is 16.7. The molecule has 90 valence electrons. The summed E-state index contributed by atoms with van der Waals surface area (Å²) in [5.74, 6) is -0.750. The van der Waals surface area contributed by atoms with Crippen LogP contribution >= 0.6 is 0 Å². The molecular weight excluding hydrogens is 226 g/mol. The molecule has 0 radical (unpaired) electrons. The van der Waals surface area contributed by atoms with Crippen molar-refractivity contribution in [2.45, 2.75) is 13.2 Å². The maximum absolute atomic E-state index is 11.6. The van der Waals surface area contributed by atoms with Crippen molar-refractivity contribution in [3.63, 3.8) is 0 Å². The highest BCUT2D eigenvalue weighted by molar-refractivity contribution is 5.96. The largest absolute Gasteiger partial charge is 0.350 e. The summed E-state index contributed by atoms with van der Waals surface area (Å²) in [4.78, 5) is 14.0. The molecule has 0 atom stereocenters. The Morgan fingerprint density at radius 1 is 1.47 bits per heavy atom. The standard InChI is InChI=1S/C9H11N5O3/c1-5-4-6(8(15)13-14-10)7(12-11-5)9(16-2)17-3/h4,9H,1-3H3. The number of carbonyl (C=O) groups excluding carboxylic acids is 1. The summed E-state index contributed by atoms with van der Waals surface area (Å²) in [5, 5.41) is 10.6. The molecule has 8 heteroatoms. The zero-order valence-corrected chi connectivity index (χ0v) is 9.62. The SMILES string of the molecule is COC(OC)c1nnc(C)cc1C(=O)N=[N+]=[N-]. The van der Waals surface area contributed by atoms with Gasteiger partial charge in [-0.25, -0.2) is 0 Å². The first-order valence-electron chi connectivity index (χ1n) is 4.63. The molecule has 1 rings (SSSR count). The zero-order valence-electron chi connectivity index (χ0n) is 9.62. The molecule has 8 nitrogen and oxygen atoms in total. The van der Waals surface area contributed by atoms with Crippen molar-refractivity contribution in [2.24, 2.45) is 5.11 Å². The van der Waals surface area contributed by atoms with E-state index in [1.807, 2.05) is 0 Å². The summed E-state index contributed by atoms with van der Waals surface area (Å²) >= 11 is 0. The van der Waals surface area contributed by atoms with Gasteiger partial charge in [-0.2, -0.15) is 5.10 Å². The lowest BCUT2D eigenvalue weighted by atomic mass is 10.1. The highest BCUT2D eigenvalue weighted by Gasteiger charge is 2.20. The summed E-state index contributed by atoms with van der Waals surface area (Å²) in [6.07, 6.45) is -0.837. The molecule has 0 N–H and O–H groups in total. The molecule has 0 aliphatic heterocycles. The molecule has 1 heterocycles. The van der Waals surface area contributed by atoms with Crippen LogP contribution in [0.25, 0.3) is 10.4 Å². The van der Waals surface area contributed by atoms with Crippen LogP contribution in [-0.4, -0.2) is 30.3 Å². The van der Waals surface area contributed by atoms with Gasteiger partial charge in [-0.05, 0) is 23.6 Å². The van der Waals surface area contributed by atoms with Crippen molar-refractivity contribution in [3.8, 4) is 0 Å². The molecule has 1 aromatic heterocycles. The summed E-state index contributed by atoms with van der Waals surface area (Å²) in [6, 6.07) is 1.46. The summed E-state index contributed by atoms with van der Waals surface area (Å²) in [7, 11) is 2.80. The van der Waals surface area contributed by atoms with Crippen LogP contribution < -0.4 is 0 Å². The lowest BCUT2D eigenvalue weighted by Gasteiger charge is -2.14. The fourth-order valence-corrected chi connectivity index (χ4v) is 1.26. The second-order valence-electron chi connectivity index (χ2n) is 3.08. The van der Waals surface area contributed by atoms with Crippen molar-refractivity contribution in [1.82, 2.24) is 10.2 Å². The number of aryl methyl sites for hydroxylation is 1. The minimum atomic E-state index is -0.837. The van der Waals surface area contributed by atoms with Crippen molar-refractivity contribution < 1.29 is 14.3 Å². The first-order valence-corrected chi connectivity index (χ1v) is 4.63. The fraction of sp³-hybridized carbons (Fsp3) is 0.444. The number of nitrogens with zero attached hydrogens (tertiary/aromatic N) is 5. The second-order valence-corrected chi connectivity index (χ2v) is 3.08. The van der Waals surface area contributed by atoms with E-state index < -0.39 is 12.2 Å². The van der Waals surface area contributed by atoms with Gasteiger partial charge in [-0.1, -0.05) is 0 Å². The van der Waals surface area contributed by atoms with E-state index in [9.17, 15) is 4.79 Å². The van der Waals surface area contributed by atoms with E-state index in [0.717, 1.165) is 0 Å². The molecule has 17 heavy (non-hydrogen) atoms. The lowest BCUT2D eigenvalue weighted by molar-refractivity contribution is -0.109. The number of amides is 1. The number of ether oxygens (including phenoxy) is 2. The van der Waals surface area contributed by atoms with Gasteiger partial charge < -0.3 is 9.47 Å². The molecule has 0 bridgehead atoms.